The van der Waals surface area contributed by atoms with Gasteiger partial charge in [-0.25, -0.2) is 21.0 Å². The molecular formula is C11H13N7O5. The van der Waals surface area contributed by atoms with E-state index in [1.807, 2.05) is 5.43 Å². The number of hydrazone groups is 2. The van der Waals surface area contributed by atoms with Crippen LogP contribution >= 0.6 is 0 Å². The number of nitrogens with one attached hydrogen (secondary N) is 3. The predicted octanol–water partition coefficient (Wildman–Crippen LogP) is -1.73. The number of methoxy groups -OCH3 is 1. The van der Waals surface area contributed by atoms with Gasteiger partial charge in [-0.05, 0) is 29.8 Å². The number of nitro groups is 1. The summed E-state index contributed by atoms with van der Waals surface area (Å²) in [5.74, 6) is -2.38. The molecule has 122 valence electrons. The van der Waals surface area contributed by atoms with Crippen LogP contribution in [0, 0.1) is 10.1 Å². The summed E-state index contributed by atoms with van der Waals surface area (Å²) >= 11 is 0. The summed E-state index contributed by atoms with van der Waals surface area (Å²) in [6.45, 7) is 0. The van der Waals surface area contributed by atoms with Crippen molar-refractivity contribution in [3.05, 3.63) is 39.9 Å². The first kappa shape index (κ1) is 17.4. The second-order valence-electron chi connectivity index (χ2n) is 3.78. The quantitative estimate of drug-likeness (QED) is 0.164. The molecule has 0 aliphatic rings. The standard InChI is InChI=1S/C11H13N7O5/c1-23-8-4-2-7(3-5-8)6-13-14-9(19)10(20)15-16-11(12)17-18(21)22/h2-6H,1H3,(H,14,19)(H,15,20)(H3,12,16,17). The van der Waals surface area contributed by atoms with Crippen LogP contribution in [0.15, 0.2) is 34.5 Å². The fourth-order valence-electron chi connectivity index (χ4n) is 1.19. The second kappa shape index (κ2) is 8.56. The highest BCUT2D eigenvalue weighted by molar-refractivity contribution is 6.35. The summed E-state index contributed by atoms with van der Waals surface area (Å²) in [5.41, 5.74) is 10.8. The number of ether oxygens (including phenoxy) is 1. The third kappa shape index (κ3) is 6.52. The summed E-state index contributed by atoms with van der Waals surface area (Å²) in [6, 6.07) is 6.75. The Balaban J connectivity index is 2.47. The van der Waals surface area contributed by atoms with Crippen molar-refractivity contribution in [2.75, 3.05) is 7.11 Å². The molecule has 12 heteroatoms. The molecule has 0 aliphatic heterocycles. The Labute approximate surface area is 129 Å². The highest BCUT2D eigenvalue weighted by Crippen LogP contribution is 2.09. The van der Waals surface area contributed by atoms with Crippen molar-refractivity contribution in [3.8, 4) is 5.75 Å². The first-order valence-electron chi connectivity index (χ1n) is 5.94. The molecule has 0 bridgehead atoms. The van der Waals surface area contributed by atoms with Crippen LogP contribution in [0.1, 0.15) is 5.56 Å². The Morgan fingerprint density at radius 1 is 1.26 bits per heavy atom. The van der Waals surface area contributed by atoms with Gasteiger partial charge >= 0.3 is 11.8 Å². The molecule has 1 aromatic rings. The molecule has 0 fully saturated rings. The van der Waals surface area contributed by atoms with E-state index in [9.17, 15) is 19.7 Å². The van der Waals surface area contributed by atoms with Crippen LogP contribution in [0.4, 0.5) is 0 Å². The number of carbonyl (C=O) groups excluding carboxylic acids is 2. The maximum Gasteiger partial charge on any atom is 0.331 e. The Bertz CT molecular complexity index is 641. The van der Waals surface area contributed by atoms with Gasteiger partial charge in [0.25, 0.3) is 5.96 Å². The number of benzene rings is 1. The Kier molecular flexibility index (Phi) is 6.46. The number of rotatable bonds is 5. The average molecular weight is 323 g/mol. The normalized spacial score (nSPS) is 10.9. The van der Waals surface area contributed by atoms with Crippen LogP contribution in [-0.2, 0) is 9.59 Å². The fourth-order valence-corrected chi connectivity index (χ4v) is 1.19. The lowest BCUT2D eigenvalue weighted by atomic mass is 10.2. The largest absolute Gasteiger partial charge is 0.497 e. The minimum absolute atomic E-state index is 0.656. The van der Waals surface area contributed by atoms with E-state index in [2.05, 4.69) is 10.2 Å². The molecule has 0 aromatic heterocycles. The van der Waals surface area contributed by atoms with Gasteiger partial charge in [-0.2, -0.15) is 5.10 Å². The van der Waals surface area contributed by atoms with Gasteiger partial charge < -0.3 is 10.5 Å². The van der Waals surface area contributed by atoms with Gasteiger partial charge in [-0.3, -0.25) is 9.59 Å². The minimum Gasteiger partial charge on any atom is -0.497 e. The lowest BCUT2D eigenvalue weighted by molar-refractivity contribution is -0.525. The van der Waals surface area contributed by atoms with Gasteiger partial charge in [-0.15, -0.1) is 5.10 Å². The number of hydrogen-bond donors (Lipinski definition) is 4. The van der Waals surface area contributed by atoms with Crippen molar-refractivity contribution in [1.82, 2.24) is 16.3 Å². The molecule has 23 heavy (non-hydrogen) atoms. The molecule has 2 amide bonds. The summed E-state index contributed by atoms with van der Waals surface area (Å²) in [5, 5.41) is 15.7. The lowest BCUT2D eigenvalue weighted by Crippen LogP contribution is -2.41. The van der Waals surface area contributed by atoms with E-state index in [-0.39, 0.29) is 0 Å². The van der Waals surface area contributed by atoms with Crippen molar-refractivity contribution >= 4 is 24.0 Å². The van der Waals surface area contributed by atoms with Gasteiger partial charge in [0.05, 0.1) is 13.3 Å². The molecule has 5 N–H and O–H groups in total. The van der Waals surface area contributed by atoms with Crippen molar-refractivity contribution in [1.29, 1.82) is 0 Å². The van der Waals surface area contributed by atoms with Crippen molar-refractivity contribution < 1.29 is 19.4 Å². The highest BCUT2D eigenvalue weighted by Gasteiger charge is 2.12. The molecular weight excluding hydrogens is 310 g/mol. The molecule has 1 rings (SSSR count). The maximum absolute atomic E-state index is 11.3. The van der Waals surface area contributed by atoms with Crippen LogP contribution in [-0.4, -0.2) is 36.1 Å². The third-order valence-corrected chi connectivity index (χ3v) is 2.19. The average Bonchev–Trinajstić information content (AvgIpc) is 2.52. The van der Waals surface area contributed by atoms with E-state index in [0.29, 0.717) is 11.3 Å². The molecule has 0 unspecified atom stereocenters. The predicted molar refractivity (Wildman–Crippen MR) is 78.6 cm³/mol. The van der Waals surface area contributed by atoms with E-state index in [0.717, 1.165) is 0 Å². The first-order valence-corrected chi connectivity index (χ1v) is 5.94. The molecule has 0 heterocycles. The lowest BCUT2D eigenvalue weighted by Gasteiger charge is -2.00. The molecule has 1 aromatic carbocycles. The molecule has 0 aliphatic carbocycles. The molecule has 0 radical (unpaired) electrons. The smallest absolute Gasteiger partial charge is 0.331 e. The van der Waals surface area contributed by atoms with Crippen LogP contribution in [0.3, 0.4) is 0 Å². The summed E-state index contributed by atoms with van der Waals surface area (Å²) < 4.78 is 4.98. The maximum atomic E-state index is 11.3. The number of hydrazine groups is 1. The summed E-state index contributed by atoms with van der Waals surface area (Å²) in [7, 11) is 1.53. The summed E-state index contributed by atoms with van der Waals surface area (Å²) in [4.78, 5) is 32.7. The zero-order valence-electron chi connectivity index (χ0n) is 11.8. The van der Waals surface area contributed by atoms with Gasteiger partial charge in [0.1, 0.15) is 5.75 Å². The zero-order chi connectivity index (χ0) is 17.2. The number of guanidine groups is 1. The van der Waals surface area contributed by atoms with Crippen molar-refractivity contribution in [2.24, 2.45) is 15.9 Å². The van der Waals surface area contributed by atoms with Gasteiger partial charge in [0.15, 0.2) is 5.03 Å². The van der Waals surface area contributed by atoms with E-state index in [1.165, 1.54) is 18.8 Å². The number of amides is 2. The van der Waals surface area contributed by atoms with E-state index in [4.69, 9.17) is 10.5 Å². The minimum atomic E-state index is -1.20. The van der Waals surface area contributed by atoms with Crippen LogP contribution < -0.4 is 26.7 Å². The SMILES string of the molecule is COc1ccc(C=NNC(=O)C(=O)NN=C(N)N[N+](=O)[O-])cc1. The number of carbonyl (C=O) groups is 2. The highest BCUT2D eigenvalue weighted by atomic mass is 16.7. The van der Waals surface area contributed by atoms with Crippen molar-refractivity contribution in [2.45, 2.75) is 0 Å². The van der Waals surface area contributed by atoms with Crippen molar-refractivity contribution in [3.63, 3.8) is 0 Å². The van der Waals surface area contributed by atoms with Gasteiger partial charge in [-0.1, -0.05) is 5.43 Å². The van der Waals surface area contributed by atoms with E-state index >= 15 is 0 Å². The number of nitrogens with zero attached hydrogens (tertiary/aromatic N) is 3. The summed E-state index contributed by atoms with van der Waals surface area (Å²) in [6.07, 6.45) is 1.30. The number of hydrogen-bond acceptors (Lipinski definition) is 7. The molecule has 12 nitrogen and oxygen atoms in total. The van der Waals surface area contributed by atoms with Crippen LogP contribution in [0.25, 0.3) is 0 Å². The third-order valence-electron chi connectivity index (χ3n) is 2.19. The fraction of sp³-hybridized carbons (Fsp3) is 0.0909. The Hall–Kier alpha value is -3.70. The van der Waals surface area contributed by atoms with Crippen LogP contribution in [0.2, 0.25) is 0 Å². The topological polar surface area (TPSA) is 173 Å². The number of nitrogens with two attached hydrogens (primary N) is 1. The first-order chi connectivity index (χ1) is 10.9. The van der Waals surface area contributed by atoms with Crippen LogP contribution in [0.5, 0.6) is 5.75 Å². The van der Waals surface area contributed by atoms with Gasteiger partial charge in [0, 0.05) is 0 Å². The second-order valence-corrected chi connectivity index (χ2v) is 3.78. The van der Waals surface area contributed by atoms with E-state index < -0.39 is 22.8 Å². The monoisotopic (exact) mass is 323 g/mol. The van der Waals surface area contributed by atoms with E-state index in [1.54, 1.807) is 29.7 Å². The molecule has 0 atom stereocenters. The molecule has 0 spiro atoms. The Morgan fingerprint density at radius 2 is 1.87 bits per heavy atom. The zero-order valence-corrected chi connectivity index (χ0v) is 11.8. The Morgan fingerprint density at radius 3 is 2.43 bits per heavy atom. The van der Waals surface area contributed by atoms with Gasteiger partial charge in [0.2, 0.25) is 0 Å². The molecule has 0 saturated carbocycles. The molecule has 0 saturated heterocycles.